The van der Waals surface area contributed by atoms with E-state index in [1.54, 1.807) is 27.9 Å². The van der Waals surface area contributed by atoms with E-state index in [0.29, 0.717) is 38.0 Å². The van der Waals surface area contributed by atoms with Crippen LogP contribution in [0.2, 0.25) is 0 Å². The number of primary amides is 1. The second-order valence-electron chi connectivity index (χ2n) is 5.99. The first kappa shape index (κ1) is 16.2. The zero-order valence-electron chi connectivity index (χ0n) is 13.3. The van der Waals surface area contributed by atoms with Gasteiger partial charge in [0.1, 0.15) is 5.69 Å². The lowest BCUT2D eigenvalue weighted by atomic mass is 10.1. The summed E-state index contributed by atoms with van der Waals surface area (Å²) in [5, 5.41) is 13.6. The topological polar surface area (TPSA) is 101 Å². The minimum Gasteiger partial charge on any atom is -0.393 e. The van der Waals surface area contributed by atoms with Crippen LogP contribution < -0.4 is 5.73 Å². The first-order valence-corrected chi connectivity index (χ1v) is 7.92. The highest BCUT2D eigenvalue weighted by molar-refractivity contribution is 5.94. The minimum absolute atomic E-state index is 0.0259. The fraction of sp³-hybridized carbons (Fsp3) is 0.353. The SMILES string of the molecule is NC(=O)c1ccn(Cc2cccc(C(=O)N3CCC(O)CC3)c2)n1. The number of nitrogens with zero attached hydrogens (tertiary/aromatic N) is 3. The predicted octanol–water partition coefficient (Wildman–Crippen LogP) is 0.627. The maximum Gasteiger partial charge on any atom is 0.269 e. The number of piperidine rings is 1. The van der Waals surface area contributed by atoms with Gasteiger partial charge in [0.15, 0.2) is 0 Å². The van der Waals surface area contributed by atoms with E-state index in [1.807, 2.05) is 18.2 Å². The number of aromatic nitrogens is 2. The molecule has 2 heterocycles. The summed E-state index contributed by atoms with van der Waals surface area (Å²) in [4.78, 5) is 25.4. The largest absolute Gasteiger partial charge is 0.393 e. The number of aliphatic hydroxyl groups is 1. The van der Waals surface area contributed by atoms with Crippen LogP contribution in [0.3, 0.4) is 0 Å². The summed E-state index contributed by atoms with van der Waals surface area (Å²) in [6, 6.07) is 8.92. The van der Waals surface area contributed by atoms with E-state index < -0.39 is 5.91 Å². The van der Waals surface area contributed by atoms with Gasteiger partial charge in [-0.1, -0.05) is 12.1 Å². The Balaban J connectivity index is 1.71. The van der Waals surface area contributed by atoms with Crippen LogP contribution in [-0.2, 0) is 6.54 Å². The monoisotopic (exact) mass is 328 g/mol. The molecule has 1 aromatic heterocycles. The molecule has 0 spiro atoms. The lowest BCUT2D eigenvalue weighted by Gasteiger charge is -2.29. The lowest BCUT2D eigenvalue weighted by Crippen LogP contribution is -2.40. The standard InChI is InChI=1S/C17H20N4O3/c18-16(23)15-6-9-21(19-15)11-12-2-1-3-13(10-12)17(24)20-7-4-14(22)5-8-20/h1-3,6,9-10,14,22H,4-5,7-8,11H2,(H2,18,23). The third kappa shape index (κ3) is 3.62. The van der Waals surface area contributed by atoms with Gasteiger partial charge in [0.05, 0.1) is 12.6 Å². The van der Waals surface area contributed by atoms with E-state index >= 15 is 0 Å². The Morgan fingerprint density at radius 2 is 2.00 bits per heavy atom. The molecule has 2 amide bonds. The van der Waals surface area contributed by atoms with Crippen LogP contribution >= 0.6 is 0 Å². The Morgan fingerprint density at radius 3 is 2.67 bits per heavy atom. The fourth-order valence-corrected chi connectivity index (χ4v) is 2.82. The Bertz CT molecular complexity index is 748. The van der Waals surface area contributed by atoms with Gasteiger partial charge in [-0.05, 0) is 36.6 Å². The van der Waals surface area contributed by atoms with E-state index in [0.717, 1.165) is 5.56 Å². The second-order valence-corrected chi connectivity index (χ2v) is 5.99. The molecule has 24 heavy (non-hydrogen) atoms. The summed E-state index contributed by atoms with van der Waals surface area (Å²) in [6.07, 6.45) is 2.61. The van der Waals surface area contributed by atoms with Crippen molar-refractivity contribution in [1.82, 2.24) is 14.7 Å². The molecule has 0 aliphatic carbocycles. The molecule has 2 aromatic rings. The smallest absolute Gasteiger partial charge is 0.269 e. The molecule has 3 N–H and O–H groups in total. The van der Waals surface area contributed by atoms with E-state index in [2.05, 4.69) is 5.10 Å². The molecule has 7 heteroatoms. The van der Waals surface area contributed by atoms with Crippen LogP contribution in [0.15, 0.2) is 36.5 Å². The number of hydrogen-bond acceptors (Lipinski definition) is 4. The average Bonchev–Trinajstić information content (AvgIpc) is 3.04. The lowest BCUT2D eigenvalue weighted by molar-refractivity contribution is 0.0546. The number of likely N-dealkylation sites (tertiary alicyclic amines) is 1. The third-order valence-corrected chi connectivity index (χ3v) is 4.16. The van der Waals surface area contributed by atoms with Gasteiger partial charge in [-0.3, -0.25) is 14.3 Å². The summed E-state index contributed by atoms with van der Waals surface area (Å²) < 4.78 is 1.61. The van der Waals surface area contributed by atoms with Crippen LogP contribution in [0, 0.1) is 0 Å². The first-order valence-electron chi connectivity index (χ1n) is 7.92. The number of nitrogens with two attached hydrogens (primary N) is 1. The van der Waals surface area contributed by atoms with E-state index in [-0.39, 0.29) is 17.7 Å². The van der Waals surface area contributed by atoms with Crippen molar-refractivity contribution in [3.8, 4) is 0 Å². The molecule has 0 bridgehead atoms. The normalized spacial score (nSPS) is 15.5. The summed E-state index contributed by atoms with van der Waals surface area (Å²) in [5.74, 6) is -0.591. The molecule has 0 unspecified atom stereocenters. The van der Waals surface area contributed by atoms with Gasteiger partial charge in [-0.25, -0.2) is 0 Å². The Labute approximate surface area is 139 Å². The molecule has 1 aliphatic heterocycles. The summed E-state index contributed by atoms with van der Waals surface area (Å²) in [7, 11) is 0. The zero-order chi connectivity index (χ0) is 17.1. The van der Waals surface area contributed by atoms with Gasteiger partial charge in [0.2, 0.25) is 0 Å². The summed E-state index contributed by atoms with van der Waals surface area (Å²) in [5.41, 5.74) is 6.94. The maximum absolute atomic E-state index is 12.6. The van der Waals surface area contributed by atoms with Crippen LogP contribution in [0.5, 0.6) is 0 Å². The van der Waals surface area contributed by atoms with Crippen LogP contribution in [-0.4, -0.2) is 50.8 Å². The molecule has 0 atom stereocenters. The molecule has 126 valence electrons. The van der Waals surface area contributed by atoms with Crippen molar-refractivity contribution >= 4 is 11.8 Å². The predicted molar refractivity (Wildman–Crippen MR) is 87.4 cm³/mol. The quantitative estimate of drug-likeness (QED) is 0.859. The maximum atomic E-state index is 12.6. The van der Waals surface area contributed by atoms with Crippen molar-refractivity contribution < 1.29 is 14.7 Å². The van der Waals surface area contributed by atoms with E-state index in [1.165, 1.54) is 0 Å². The third-order valence-electron chi connectivity index (χ3n) is 4.16. The molecule has 1 aliphatic rings. The number of carbonyl (C=O) groups is 2. The van der Waals surface area contributed by atoms with E-state index in [4.69, 9.17) is 5.73 Å². The van der Waals surface area contributed by atoms with Crippen molar-refractivity contribution in [2.24, 2.45) is 5.73 Å². The Hall–Kier alpha value is -2.67. The number of amides is 2. The van der Waals surface area contributed by atoms with Crippen LogP contribution in [0.25, 0.3) is 0 Å². The number of carbonyl (C=O) groups excluding carboxylic acids is 2. The summed E-state index contributed by atoms with van der Waals surface area (Å²) >= 11 is 0. The summed E-state index contributed by atoms with van der Waals surface area (Å²) in [6.45, 7) is 1.60. The average molecular weight is 328 g/mol. The van der Waals surface area contributed by atoms with Gasteiger partial charge in [-0.15, -0.1) is 0 Å². The van der Waals surface area contributed by atoms with Crippen molar-refractivity contribution in [2.75, 3.05) is 13.1 Å². The van der Waals surface area contributed by atoms with Crippen LogP contribution in [0.1, 0.15) is 39.3 Å². The number of benzene rings is 1. The van der Waals surface area contributed by atoms with Crippen molar-refractivity contribution in [1.29, 1.82) is 0 Å². The molecule has 3 rings (SSSR count). The highest BCUT2D eigenvalue weighted by Gasteiger charge is 2.22. The molecule has 1 fully saturated rings. The van der Waals surface area contributed by atoms with Gasteiger partial charge in [0, 0.05) is 24.8 Å². The molecule has 0 saturated carbocycles. The van der Waals surface area contributed by atoms with Crippen molar-refractivity contribution in [3.05, 3.63) is 53.3 Å². The van der Waals surface area contributed by atoms with Gasteiger partial charge < -0.3 is 15.7 Å². The van der Waals surface area contributed by atoms with Crippen molar-refractivity contribution in [3.63, 3.8) is 0 Å². The number of hydrogen-bond donors (Lipinski definition) is 2. The number of rotatable bonds is 4. The van der Waals surface area contributed by atoms with Crippen LogP contribution in [0.4, 0.5) is 0 Å². The Kier molecular flexibility index (Phi) is 4.61. The van der Waals surface area contributed by atoms with E-state index in [9.17, 15) is 14.7 Å². The number of aliphatic hydroxyl groups excluding tert-OH is 1. The first-order chi connectivity index (χ1) is 11.5. The molecular formula is C17H20N4O3. The minimum atomic E-state index is -0.565. The molecule has 1 saturated heterocycles. The Morgan fingerprint density at radius 1 is 1.25 bits per heavy atom. The second kappa shape index (κ2) is 6.84. The van der Waals surface area contributed by atoms with Gasteiger partial charge >= 0.3 is 0 Å². The molecule has 1 aromatic carbocycles. The highest BCUT2D eigenvalue weighted by atomic mass is 16.3. The fourth-order valence-electron chi connectivity index (χ4n) is 2.82. The van der Waals surface area contributed by atoms with Gasteiger partial charge in [0.25, 0.3) is 11.8 Å². The highest BCUT2D eigenvalue weighted by Crippen LogP contribution is 2.15. The van der Waals surface area contributed by atoms with Crippen molar-refractivity contribution in [2.45, 2.75) is 25.5 Å². The zero-order valence-corrected chi connectivity index (χ0v) is 13.3. The molecule has 7 nitrogen and oxygen atoms in total. The van der Waals surface area contributed by atoms with Gasteiger partial charge in [-0.2, -0.15) is 5.10 Å². The molecule has 0 radical (unpaired) electrons. The molecular weight excluding hydrogens is 308 g/mol.